The van der Waals surface area contributed by atoms with Crippen molar-refractivity contribution < 1.29 is 8.42 Å². The number of hydrogen-bond acceptors (Lipinski definition) is 4. The molecule has 0 aromatic heterocycles. The van der Waals surface area contributed by atoms with Gasteiger partial charge in [0.15, 0.2) is 14.9 Å². The van der Waals surface area contributed by atoms with Gasteiger partial charge in [-0.1, -0.05) is 17.7 Å². The van der Waals surface area contributed by atoms with E-state index in [-0.39, 0.29) is 17.5 Å². The predicted octanol–water partition coefficient (Wildman–Crippen LogP) is 2.40. The number of rotatable bonds is 5. The molecule has 24 heavy (non-hydrogen) atoms. The third-order valence-corrected chi connectivity index (χ3v) is 6.62. The van der Waals surface area contributed by atoms with E-state index in [0.717, 1.165) is 17.8 Å². The van der Waals surface area contributed by atoms with Gasteiger partial charge < -0.3 is 15.1 Å². The van der Waals surface area contributed by atoms with Crippen LogP contribution in [0.15, 0.2) is 18.2 Å². The fourth-order valence-corrected chi connectivity index (χ4v) is 4.91. The molecule has 1 N–H and O–H groups in total. The van der Waals surface area contributed by atoms with Crippen molar-refractivity contribution in [3.63, 3.8) is 0 Å². The van der Waals surface area contributed by atoms with E-state index >= 15 is 0 Å². The van der Waals surface area contributed by atoms with Gasteiger partial charge in [0.05, 0.1) is 11.5 Å². The first-order valence-electron chi connectivity index (χ1n) is 7.87. The van der Waals surface area contributed by atoms with E-state index in [1.807, 2.05) is 44.1 Å². The number of nitrogens with zero attached hydrogens (tertiary/aromatic N) is 2. The Morgan fingerprint density at radius 3 is 2.62 bits per heavy atom. The minimum Gasteiger partial charge on any atom is -0.344 e. The largest absolute Gasteiger partial charge is 0.344 e. The fraction of sp³-hybridized carbons (Fsp3) is 0.562. The van der Waals surface area contributed by atoms with Crippen LogP contribution in [-0.2, 0) is 9.84 Å². The summed E-state index contributed by atoms with van der Waals surface area (Å²) in [6.45, 7) is 3.42. The first-order valence-corrected chi connectivity index (χ1v) is 10.5. The number of anilines is 1. The van der Waals surface area contributed by atoms with E-state index in [4.69, 9.17) is 23.8 Å². The maximum atomic E-state index is 11.8. The molecule has 1 aliphatic rings. The minimum atomic E-state index is -2.96. The van der Waals surface area contributed by atoms with E-state index in [1.165, 1.54) is 0 Å². The highest BCUT2D eigenvalue weighted by Gasteiger charge is 2.33. The lowest BCUT2D eigenvalue weighted by molar-refractivity contribution is 0.289. The highest BCUT2D eigenvalue weighted by molar-refractivity contribution is 7.91. The lowest BCUT2D eigenvalue weighted by atomic mass is 10.2. The number of nitrogens with one attached hydrogen (secondary N) is 1. The molecule has 134 valence electrons. The second kappa shape index (κ2) is 7.99. The zero-order valence-corrected chi connectivity index (χ0v) is 16.6. The number of likely N-dealkylation sites (N-methyl/N-ethyl adjacent to an activating group) is 1. The fourth-order valence-electron chi connectivity index (χ4n) is 2.64. The van der Waals surface area contributed by atoms with Gasteiger partial charge in [0.25, 0.3) is 0 Å². The van der Waals surface area contributed by atoms with Crippen LogP contribution in [0.4, 0.5) is 5.69 Å². The van der Waals surface area contributed by atoms with Crippen molar-refractivity contribution >= 4 is 44.5 Å². The van der Waals surface area contributed by atoms with Crippen LogP contribution in [0.5, 0.6) is 0 Å². The van der Waals surface area contributed by atoms with E-state index < -0.39 is 9.84 Å². The normalized spacial score (nSPS) is 19.5. The molecule has 0 amide bonds. The van der Waals surface area contributed by atoms with Crippen molar-refractivity contribution in [1.29, 1.82) is 0 Å². The van der Waals surface area contributed by atoms with Gasteiger partial charge in [0.1, 0.15) is 0 Å². The average molecular weight is 390 g/mol. The summed E-state index contributed by atoms with van der Waals surface area (Å²) < 4.78 is 23.7. The molecule has 2 rings (SSSR count). The summed E-state index contributed by atoms with van der Waals surface area (Å²) in [7, 11) is 1.01. The zero-order chi connectivity index (χ0) is 17.9. The van der Waals surface area contributed by atoms with Gasteiger partial charge in [-0.25, -0.2) is 8.42 Å². The summed E-state index contributed by atoms with van der Waals surface area (Å²) in [4.78, 5) is 4.05. The number of halogens is 1. The van der Waals surface area contributed by atoms with Crippen molar-refractivity contribution in [1.82, 2.24) is 9.80 Å². The third-order valence-electron chi connectivity index (χ3n) is 4.12. The molecule has 0 unspecified atom stereocenters. The Bertz CT molecular complexity index is 707. The molecule has 1 atom stereocenters. The molecule has 1 aliphatic heterocycles. The highest BCUT2D eigenvalue weighted by atomic mass is 35.5. The lowest BCUT2D eigenvalue weighted by Gasteiger charge is -2.32. The Hall–Kier alpha value is -0.890. The molecule has 1 heterocycles. The van der Waals surface area contributed by atoms with E-state index in [2.05, 4.69) is 10.2 Å². The summed E-state index contributed by atoms with van der Waals surface area (Å²) in [5, 5.41) is 4.41. The van der Waals surface area contributed by atoms with E-state index in [1.54, 1.807) is 0 Å². The summed E-state index contributed by atoms with van der Waals surface area (Å²) in [6.07, 6.45) is 0.617. The van der Waals surface area contributed by atoms with Gasteiger partial charge in [-0.2, -0.15) is 0 Å². The Morgan fingerprint density at radius 1 is 1.38 bits per heavy atom. The van der Waals surface area contributed by atoms with Crippen LogP contribution in [0.25, 0.3) is 0 Å². The van der Waals surface area contributed by atoms with Crippen LogP contribution in [0.2, 0.25) is 5.02 Å². The van der Waals surface area contributed by atoms with Gasteiger partial charge >= 0.3 is 0 Å². The van der Waals surface area contributed by atoms with Crippen LogP contribution in [0.1, 0.15) is 12.0 Å². The zero-order valence-electron chi connectivity index (χ0n) is 14.3. The molecule has 0 bridgehead atoms. The molecule has 1 saturated heterocycles. The summed E-state index contributed by atoms with van der Waals surface area (Å²) >= 11 is 11.7. The number of sulfone groups is 1. The molecule has 5 nitrogen and oxygen atoms in total. The number of aryl methyl sites for hydroxylation is 1. The quantitative estimate of drug-likeness (QED) is 0.780. The second-order valence-corrected chi connectivity index (χ2v) is 9.47. The molecule has 0 spiro atoms. The lowest BCUT2D eigenvalue weighted by Crippen LogP contribution is -2.46. The predicted molar refractivity (Wildman–Crippen MR) is 105 cm³/mol. The summed E-state index contributed by atoms with van der Waals surface area (Å²) in [6, 6.07) is 5.61. The molecular formula is C16H24ClN3O2S2. The van der Waals surface area contributed by atoms with Crippen molar-refractivity contribution in [2.24, 2.45) is 0 Å². The molecule has 0 radical (unpaired) electrons. The Kier molecular flexibility index (Phi) is 6.47. The molecule has 8 heteroatoms. The monoisotopic (exact) mass is 389 g/mol. The van der Waals surface area contributed by atoms with Crippen molar-refractivity contribution in [3.05, 3.63) is 28.8 Å². The van der Waals surface area contributed by atoms with Gasteiger partial charge in [0, 0.05) is 29.8 Å². The SMILES string of the molecule is Cc1ccc(NC(=S)N(CCN(C)C)[C@@H]2CCS(=O)(=O)C2)cc1Cl. The van der Waals surface area contributed by atoms with Crippen LogP contribution in [0.3, 0.4) is 0 Å². The molecule has 1 fully saturated rings. The van der Waals surface area contributed by atoms with Crippen LogP contribution in [-0.4, -0.2) is 68.1 Å². The van der Waals surface area contributed by atoms with Crippen LogP contribution < -0.4 is 5.32 Å². The maximum Gasteiger partial charge on any atom is 0.173 e. The Labute approximate surface area is 154 Å². The number of hydrogen-bond donors (Lipinski definition) is 1. The van der Waals surface area contributed by atoms with E-state index in [9.17, 15) is 8.42 Å². The standard InChI is InChI=1S/C16H24ClN3O2S2/c1-12-4-5-13(10-15(12)17)18-16(23)20(8-7-19(2)3)14-6-9-24(21,22)11-14/h4-5,10,14H,6-9,11H2,1-3H3,(H,18,23)/t14-/m1/s1. The summed E-state index contributed by atoms with van der Waals surface area (Å²) in [5.41, 5.74) is 1.81. The van der Waals surface area contributed by atoms with E-state index in [0.29, 0.717) is 23.1 Å². The number of benzene rings is 1. The van der Waals surface area contributed by atoms with Crippen molar-refractivity contribution in [3.8, 4) is 0 Å². The average Bonchev–Trinajstić information content (AvgIpc) is 2.83. The molecular weight excluding hydrogens is 366 g/mol. The highest BCUT2D eigenvalue weighted by Crippen LogP contribution is 2.22. The molecule has 0 saturated carbocycles. The maximum absolute atomic E-state index is 11.8. The Balaban J connectivity index is 2.12. The molecule has 1 aromatic carbocycles. The minimum absolute atomic E-state index is 0.0733. The van der Waals surface area contributed by atoms with Crippen molar-refractivity contribution in [2.45, 2.75) is 19.4 Å². The topological polar surface area (TPSA) is 52.6 Å². The van der Waals surface area contributed by atoms with Crippen LogP contribution in [0, 0.1) is 6.92 Å². The number of thiocarbonyl (C=S) groups is 1. The van der Waals surface area contributed by atoms with Gasteiger partial charge in [-0.05, 0) is 57.4 Å². The first kappa shape index (κ1) is 19.4. The second-order valence-electron chi connectivity index (χ2n) is 6.45. The summed E-state index contributed by atoms with van der Waals surface area (Å²) in [5.74, 6) is 0.395. The molecule has 0 aliphatic carbocycles. The first-order chi connectivity index (χ1) is 11.2. The van der Waals surface area contributed by atoms with Crippen LogP contribution >= 0.6 is 23.8 Å². The van der Waals surface area contributed by atoms with Gasteiger partial charge in [-0.3, -0.25) is 0 Å². The molecule has 1 aromatic rings. The third kappa shape index (κ3) is 5.31. The van der Waals surface area contributed by atoms with Gasteiger partial charge in [-0.15, -0.1) is 0 Å². The Morgan fingerprint density at radius 2 is 2.08 bits per heavy atom. The van der Waals surface area contributed by atoms with Crippen molar-refractivity contribution in [2.75, 3.05) is 44.0 Å². The smallest absolute Gasteiger partial charge is 0.173 e. The van der Waals surface area contributed by atoms with Gasteiger partial charge in [0.2, 0.25) is 0 Å².